The molecule has 4 aromatic rings. The number of hydrogen-bond donors (Lipinski definition) is 2. The standard InChI is InChI=1S/C32H37N3O4/c1-32(2,3)26-12-10-23(11-13-26)20-35-28-15-14-27(18-25(28)19-29(35)31(37)33-16-17-38-4)34-30(36)22-39-21-24-8-6-5-7-9-24/h5-15,18-19H,16-17,20-22H2,1-4H3,(H,33,37)(H,34,36). The zero-order chi connectivity index (χ0) is 27.8. The number of methoxy groups -OCH3 is 1. The van der Waals surface area contributed by atoms with Crippen LogP contribution in [0.25, 0.3) is 10.9 Å². The summed E-state index contributed by atoms with van der Waals surface area (Å²) in [6, 6.07) is 25.8. The van der Waals surface area contributed by atoms with Gasteiger partial charge in [-0.2, -0.15) is 0 Å². The predicted molar refractivity (Wildman–Crippen MR) is 155 cm³/mol. The number of nitrogens with zero attached hydrogens (tertiary/aromatic N) is 1. The van der Waals surface area contributed by atoms with Gasteiger partial charge in [-0.25, -0.2) is 0 Å². The summed E-state index contributed by atoms with van der Waals surface area (Å²) in [7, 11) is 1.60. The molecule has 0 saturated carbocycles. The van der Waals surface area contributed by atoms with E-state index in [0.29, 0.717) is 37.7 Å². The van der Waals surface area contributed by atoms with E-state index in [1.165, 1.54) is 5.56 Å². The van der Waals surface area contributed by atoms with Crippen LogP contribution < -0.4 is 10.6 Å². The maximum Gasteiger partial charge on any atom is 0.268 e. The van der Waals surface area contributed by atoms with Crippen molar-refractivity contribution in [2.45, 2.75) is 39.3 Å². The molecule has 39 heavy (non-hydrogen) atoms. The van der Waals surface area contributed by atoms with Crippen molar-refractivity contribution in [1.82, 2.24) is 9.88 Å². The fourth-order valence-electron chi connectivity index (χ4n) is 4.39. The normalized spacial score (nSPS) is 11.5. The van der Waals surface area contributed by atoms with Gasteiger partial charge in [-0.05, 0) is 46.4 Å². The minimum absolute atomic E-state index is 0.0499. The quantitative estimate of drug-likeness (QED) is 0.252. The third kappa shape index (κ3) is 7.56. The minimum Gasteiger partial charge on any atom is -0.383 e. The minimum atomic E-state index is -0.235. The second-order valence-corrected chi connectivity index (χ2v) is 10.6. The van der Waals surface area contributed by atoms with Crippen molar-refractivity contribution in [2.24, 2.45) is 0 Å². The van der Waals surface area contributed by atoms with Gasteiger partial charge in [0.25, 0.3) is 5.91 Å². The van der Waals surface area contributed by atoms with Gasteiger partial charge in [0.15, 0.2) is 0 Å². The Kier molecular flexibility index (Phi) is 9.17. The Bertz CT molecular complexity index is 1400. The van der Waals surface area contributed by atoms with Crippen LogP contribution in [0, 0.1) is 0 Å². The van der Waals surface area contributed by atoms with Crippen molar-refractivity contribution < 1.29 is 19.1 Å². The highest BCUT2D eigenvalue weighted by Crippen LogP contribution is 2.26. The Morgan fingerprint density at radius 3 is 2.33 bits per heavy atom. The molecule has 0 atom stereocenters. The molecule has 2 N–H and O–H groups in total. The van der Waals surface area contributed by atoms with E-state index in [9.17, 15) is 9.59 Å². The SMILES string of the molecule is COCCNC(=O)c1cc2cc(NC(=O)COCc3ccccc3)ccc2n1Cc1ccc(C(C)(C)C)cc1. The maximum absolute atomic E-state index is 13.1. The number of carbonyl (C=O) groups excluding carboxylic acids is 2. The van der Waals surface area contributed by atoms with Crippen LogP contribution in [0.2, 0.25) is 0 Å². The number of rotatable bonds is 11. The van der Waals surface area contributed by atoms with Gasteiger partial charge < -0.3 is 24.7 Å². The van der Waals surface area contributed by atoms with E-state index < -0.39 is 0 Å². The molecule has 1 aromatic heterocycles. The molecule has 0 spiro atoms. The summed E-state index contributed by atoms with van der Waals surface area (Å²) < 4.78 is 12.7. The molecule has 204 valence electrons. The van der Waals surface area contributed by atoms with Crippen molar-refractivity contribution in [3.05, 3.63) is 101 Å². The molecular formula is C32H37N3O4. The number of anilines is 1. The number of amides is 2. The van der Waals surface area contributed by atoms with Gasteiger partial charge in [0.1, 0.15) is 12.3 Å². The predicted octanol–water partition coefficient (Wildman–Crippen LogP) is 5.52. The molecule has 0 aliphatic rings. The lowest BCUT2D eigenvalue weighted by molar-refractivity contribution is -0.121. The number of aromatic nitrogens is 1. The number of ether oxygens (including phenoxy) is 2. The van der Waals surface area contributed by atoms with E-state index in [2.05, 4.69) is 55.7 Å². The summed E-state index contributed by atoms with van der Waals surface area (Å²) in [6.45, 7) is 8.28. The fourth-order valence-corrected chi connectivity index (χ4v) is 4.39. The summed E-state index contributed by atoms with van der Waals surface area (Å²) in [5, 5.41) is 6.69. The first-order valence-corrected chi connectivity index (χ1v) is 13.2. The number of hydrogen-bond acceptors (Lipinski definition) is 4. The van der Waals surface area contributed by atoms with Gasteiger partial charge in [0.2, 0.25) is 5.91 Å². The first-order chi connectivity index (χ1) is 18.7. The first-order valence-electron chi connectivity index (χ1n) is 13.2. The largest absolute Gasteiger partial charge is 0.383 e. The number of benzene rings is 3. The van der Waals surface area contributed by atoms with E-state index in [1.807, 2.05) is 59.2 Å². The molecule has 0 aliphatic heterocycles. The van der Waals surface area contributed by atoms with Crippen LogP contribution in [-0.2, 0) is 32.8 Å². The molecule has 0 radical (unpaired) electrons. The van der Waals surface area contributed by atoms with Gasteiger partial charge in [-0.3, -0.25) is 9.59 Å². The van der Waals surface area contributed by atoms with Crippen LogP contribution in [0.5, 0.6) is 0 Å². The lowest BCUT2D eigenvalue weighted by Gasteiger charge is -2.19. The fraction of sp³-hybridized carbons (Fsp3) is 0.312. The lowest BCUT2D eigenvalue weighted by Crippen LogP contribution is -2.29. The van der Waals surface area contributed by atoms with Crippen molar-refractivity contribution in [3.8, 4) is 0 Å². The van der Waals surface area contributed by atoms with E-state index in [0.717, 1.165) is 22.0 Å². The molecule has 7 heteroatoms. The van der Waals surface area contributed by atoms with Crippen LogP contribution >= 0.6 is 0 Å². The molecule has 7 nitrogen and oxygen atoms in total. The van der Waals surface area contributed by atoms with Crippen molar-refractivity contribution in [1.29, 1.82) is 0 Å². The summed E-state index contributed by atoms with van der Waals surface area (Å²) >= 11 is 0. The van der Waals surface area contributed by atoms with E-state index in [4.69, 9.17) is 9.47 Å². The van der Waals surface area contributed by atoms with Gasteiger partial charge in [-0.1, -0.05) is 75.4 Å². The summed E-state index contributed by atoms with van der Waals surface area (Å²) in [4.78, 5) is 25.6. The number of fused-ring (bicyclic) bond motifs is 1. The monoisotopic (exact) mass is 527 g/mol. The van der Waals surface area contributed by atoms with E-state index >= 15 is 0 Å². The second kappa shape index (κ2) is 12.7. The van der Waals surface area contributed by atoms with E-state index in [-0.39, 0.29) is 23.8 Å². The summed E-state index contributed by atoms with van der Waals surface area (Å²) in [5.74, 6) is -0.407. The molecule has 0 bridgehead atoms. The third-order valence-corrected chi connectivity index (χ3v) is 6.51. The Morgan fingerprint density at radius 2 is 1.64 bits per heavy atom. The highest BCUT2D eigenvalue weighted by atomic mass is 16.5. The number of carbonyl (C=O) groups is 2. The second-order valence-electron chi connectivity index (χ2n) is 10.6. The molecule has 0 fully saturated rings. The van der Waals surface area contributed by atoms with Gasteiger partial charge in [0, 0.05) is 36.8 Å². The first kappa shape index (κ1) is 28.1. The van der Waals surface area contributed by atoms with Crippen LogP contribution in [0.4, 0.5) is 5.69 Å². The highest BCUT2D eigenvalue weighted by molar-refractivity contribution is 6.00. The third-order valence-electron chi connectivity index (χ3n) is 6.51. The zero-order valence-electron chi connectivity index (χ0n) is 23.1. The van der Waals surface area contributed by atoms with Crippen LogP contribution in [0.3, 0.4) is 0 Å². The van der Waals surface area contributed by atoms with Crippen LogP contribution in [-0.4, -0.2) is 43.2 Å². The average molecular weight is 528 g/mol. The van der Waals surface area contributed by atoms with E-state index in [1.54, 1.807) is 7.11 Å². The molecular weight excluding hydrogens is 490 g/mol. The van der Waals surface area contributed by atoms with Crippen LogP contribution in [0.15, 0.2) is 78.9 Å². The molecule has 4 rings (SSSR count). The topological polar surface area (TPSA) is 81.6 Å². The number of nitrogens with one attached hydrogen (secondary N) is 2. The summed E-state index contributed by atoms with van der Waals surface area (Å²) in [5.41, 5.74) is 5.54. The van der Waals surface area contributed by atoms with Gasteiger partial charge >= 0.3 is 0 Å². The van der Waals surface area contributed by atoms with Gasteiger partial charge in [-0.15, -0.1) is 0 Å². The van der Waals surface area contributed by atoms with Gasteiger partial charge in [0.05, 0.1) is 13.2 Å². The Hall–Kier alpha value is -3.94. The Balaban J connectivity index is 1.53. The van der Waals surface area contributed by atoms with Crippen molar-refractivity contribution >= 4 is 28.4 Å². The molecule has 1 heterocycles. The maximum atomic E-state index is 13.1. The molecule has 3 aromatic carbocycles. The molecule has 0 unspecified atom stereocenters. The average Bonchev–Trinajstić information content (AvgIpc) is 3.26. The summed E-state index contributed by atoms with van der Waals surface area (Å²) in [6.07, 6.45) is 0. The molecule has 0 saturated heterocycles. The Labute approximate surface area is 230 Å². The molecule has 0 aliphatic carbocycles. The van der Waals surface area contributed by atoms with Crippen LogP contribution in [0.1, 0.15) is 48.0 Å². The smallest absolute Gasteiger partial charge is 0.268 e. The Morgan fingerprint density at radius 1 is 0.897 bits per heavy atom. The highest BCUT2D eigenvalue weighted by Gasteiger charge is 2.18. The van der Waals surface area contributed by atoms with Crippen molar-refractivity contribution in [3.63, 3.8) is 0 Å². The zero-order valence-corrected chi connectivity index (χ0v) is 23.1. The lowest BCUT2D eigenvalue weighted by atomic mass is 9.87. The van der Waals surface area contributed by atoms with Crippen molar-refractivity contribution in [2.75, 3.05) is 32.2 Å². The molecule has 2 amide bonds.